The molecule has 1 atom stereocenters. The Hall–Kier alpha value is -0.860. The Morgan fingerprint density at radius 1 is 1.67 bits per heavy atom. The first-order valence-corrected chi connectivity index (χ1v) is 4.39. The molecule has 12 heavy (non-hydrogen) atoms. The Kier molecular flexibility index (Phi) is 2.84. The van der Waals surface area contributed by atoms with Crippen LogP contribution in [-0.4, -0.2) is 29.7 Å². The van der Waals surface area contributed by atoms with Crippen molar-refractivity contribution < 1.29 is 9.59 Å². The van der Waals surface area contributed by atoms with Crippen LogP contribution in [0.1, 0.15) is 26.7 Å². The number of rotatable bonds is 2. The first-order valence-electron chi connectivity index (χ1n) is 4.39. The Morgan fingerprint density at radius 2 is 2.33 bits per heavy atom. The largest absolute Gasteiger partial charge is 0.335 e. The van der Waals surface area contributed by atoms with Crippen LogP contribution in [-0.2, 0) is 9.59 Å². The zero-order valence-corrected chi connectivity index (χ0v) is 7.67. The van der Waals surface area contributed by atoms with Gasteiger partial charge in [-0.1, -0.05) is 6.92 Å². The summed E-state index contributed by atoms with van der Waals surface area (Å²) in [6.07, 6.45) is 1.99. The van der Waals surface area contributed by atoms with Gasteiger partial charge in [-0.25, -0.2) is 0 Å². The van der Waals surface area contributed by atoms with Gasteiger partial charge < -0.3 is 4.90 Å². The van der Waals surface area contributed by atoms with Crippen molar-refractivity contribution in [3.63, 3.8) is 0 Å². The van der Waals surface area contributed by atoms with E-state index in [1.807, 2.05) is 6.92 Å². The van der Waals surface area contributed by atoms with E-state index in [4.69, 9.17) is 0 Å². The van der Waals surface area contributed by atoms with Crippen molar-refractivity contribution in [3.8, 4) is 0 Å². The lowest BCUT2D eigenvalue weighted by atomic mass is 9.99. The lowest BCUT2D eigenvalue weighted by molar-refractivity contribution is -0.140. The minimum atomic E-state index is 0.0671. The van der Waals surface area contributed by atoms with Crippen molar-refractivity contribution in [1.29, 1.82) is 0 Å². The quantitative estimate of drug-likeness (QED) is 0.614. The molecule has 3 heteroatoms. The molecule has 1 saturated heterocycles. The SMILES string of the molecule is CC(=O)CN1CCCC(C)C1=O. The van der Waals surface area contributed by atoms with Gasteiger partial charge in [0.25, 0.3) is 0 Å². The summed E-state index contributed by atoms with van der Waals surface area (Å²) in [5.41, 5.74) is 0. The number of hydrogen-bond donors (Lipinski definition) is 0. The molecule has 0 radical (unpaired) electrons. The number of hydrogen-bond acceptors (Lipinski definition) is 2. The number of carbonyl (C=O) groups excluding carboxylic acids is 2. The third-order valence-corrected chi connectivity index (χ3v) is 2.21. The van der Waals surface area contributed by atoms with Crippen LogP contribution in [0.15, 0.2) is 0 Å². The maximum atomic E-state index is 11.4. The summed E-state index contributed by atoms with van der Waals surface area (Å²) >= 11 is 0. The molecule has 0 saturated carbocycles. The van der Waals surface area contributed by atoms with E-state index in [0.29, 0.717) is 6.54 Å². The van der Waals surface area contributed by atoms with Gasteiger partial charge in [0.15, 0.2) is 0 Å². The van der Waals surface area contributed by atoms with E-state index in [2.05, 4.69) is 0 Å². The van der Waals surface area contributed by atoms with Gasteiger partial charge in [0.1, 0.15) is 5.78 Å². The summed E-state index contributed by atoms with van der Waals surface area (Å²) in [4.78, 5) is 23.9. The van der Waals surface area contributed by atoms with Crippen molar-refractivity contribution in [2.75, 3.05) is 13.1 Å². The number of ketones is 1. The maximum Gasteiger partial charge on any atom is 0.225 e. The Bertz CT molecular complexity index is 201. The van der Waals surface area contributed by atoms with Gasteiger partial charge in [0.05, 0.1) is 6.54 Å². The van der Waals surface area contributed by atoms with Gasteiger partial charge in [-0.2, -0.15) is 0 Å². The highest BCUT2D eigenvalue weighted by Gasteiger charge is 2.25. The van der Waals surface area contributed by atoms with Crippen molar-refractivity contribution >= 4 is 11.7 Å². The number of nitrogens with zero attached hydrogens (tertiary/aromatic N) is 1. The van der Waals surface area contributed by atoms with Crippen LogP contribution in [0.25, 0.3) is 0 Å². The predicted octanol–water partition coefficient (Wildman–Crippen LogP) is 0.834. The smallest absolute Gasteiger partial charge is 0.225 e. The highest BCUT2D eigenvalue weighted by atomic mass is 16.2. The average molecular weight is 169 g/mol. The van der Waals surface area contributed by atoms with Gasteiger partial charge in [0, 0.05) is 12.5 Å². The molecule has 1 unspecified atom stereocenters. The second kappa shape index (κ2) is 3.70. The van der Waals surface area contributed by atoms with Crippen LogP contribution in [0.5, 0.6) is 0 Å². The van der Waals surface area contributed by atoms with E-state index < -0.39 is 0 Å². The molecule has 0 N–H and O–H groups in total. The second-order valence-corrected chi connectivity index (χ2v) is 3.51. The Labute approximate surface area is 72.7 Å². The van der Waals surface area contributed by atoms with Gasteiger partial charge >= 0.3 is 0 Å². The second-order valence-electron chi connectivity index (χ2n) is 3.51. The molecular formula is C9H15NO2. The standard InChI is InChI=1S/C9H15NO2/c1-7-4-3-5-10(9(7)12)6-8(2)11/h7H,3-6H2,1-2H3. The number of likely N-dealkylation sites (tertiary alicyclic amines) is 1. The first-order chi connectivity index (χ1) is 5.61. The topological polar surface area (TPSA) is 37.4 Å². The fourth-order valence-corrected chi connectivity index (χ4v) is 1.56. The van der Waals surface area contributed by atoms with E-state index in [1.165, 1.54) is 6.92 Å². The summed E-state index contributed by atoms with van der Waals surface area (Å²) < 4.78 is 0. The van der Waals surface area contributed by atoms with Crippen molar-refractivity contribution in [2.45, 2.75) is 26.7 Å². The summed E-state index contributed by atoms with van der Waals surface area (Å²) in [5.74, 6) is 0.312. The molecule has 0 bridgehead atoms. The zero-order valence-electron chi connectivity index (χ0n) is 7.67. The third kappa shape index (κ3) is 2.06. The molecular weight excluding hydrogens is 154 g/mol. The van der Waals surface area contributed by atoms with Gasteiger partial charge in [-0.3, -0.25) is 9.59 Å². The lowest BCUT2D eigenvalue weighted by Crippen LogP contribution is -2.42. The van der Waals surface area contributed by atoms with Gasteiger partial charge in [-0.05, 0) is 19.8 Å². The van der Waals surface area contributed by atoms with Crippen LogP contribution < -0.4 is 0 Å². The molecule has 1 heterocycles. The highest BCUT2D eigenvalue weighted by molar-refractivity contribution is 5.86. The monoisotopic (exact) mass is 169 g/mol. The predicted molar refractivity (Wildman–Crippen MR) is 45.7 cm³/mol. The van der Waals surface area contributed by atoms with Crippen molar-refractivity contribution in [1.82, 2.24) is 4.90 Å². The van der Waals surface area contributed by atoms with E-state index in [9.17, 15) is 9.59 Å². The molecule has 1 amide bonds. The highest BCUT2D eigenvalue weighted by Crippen LogP contribution is 2.16. The van der Waals surface area contributed by atoms with Gasteiger partial charge in [0.2, 0.25) is 5.91 Å². The lowest BCUT2D eigenvalue weighted by Gasteiger charge is -2.29. The molecule has 0 aromatic carbocycles. The van der Waals surface area contributed by atoms with Crippen LogP contribution in [0, 0.1) is 5.92 Å². The van der Waals surface area contributed by atoms with Crippen LogP contribution in [0.2, 0.25) is 0 Å². The summed E-state index contributed by atoms with van der Waals surface area (Å²) in [6, 6.07) is 0. The minimum absolute atomic E-state index is 0.0671. The Morgan fingerprint density at radius 3 is 2.92 bits per heavy atom. The third-order valence-electron chi connectivity index (χ3n) is 2.21. The first kappa shape index (κ1) is 9.23. The molecule has 3 nitrogen and oxygen atoms in total. The molecule has 1 aliphatic heterocycles. The van der Waals surface area contributed by atoms with Gasteiger partial charge in [-0.15, -0.1) is 0 Å². The zero-order chi connectivity index (χ0) is 9.14. The van der Waals surface area contributed by atoms with E-state index in [0.717, 1.165) is 19.4 Å². The van der Waals surface area contributed by atoms with Crippen LogP contribution in [0.4, 0.5) is 0 Å². The molecule has 0 aromatic rings. The fraction of sp³-hybridized carbons (Fsp3) is 0.778. The van der Waals surface area contributed by atoms with Crippen molar-refractivity contribution in [2.24, 2.45) is 5.92 Å². The molecule has 0 aromatic heterocycles. The van der Waals surface area contributed by atoms with E-state index >= 15 is 0 Å². The summed E-state index contributed by atoms with van der Waals surface area (Å²) in [6.45, 7) is 4.49. The molecule has 1 aliphatic rings. The van der Waals surface area contributed by atoms with Crippen LogP contribution in [0.3, 0.4) is 0 Å². The molecule has 0 aliphatic carbocycles. The fourth-order valence-electron chi connectivity index (χ4n) is 1.56. The Balaban J connectivity index is 2.52. The number of amides is 1. The average Bonchev–Trinajstić information content (AvgIpc) is 1.98. The summed E-state index contributed by atoms with van der Waals surface area (Å²) in [5, 5.41) is 0. The molecule has 1 rings (SSSR count). The van der Waals surface area contributed by atoms with E-state index in [1.54, 1.807) is 4.90 Å². The van der Waals surface area contributed by atoms with Crippen molar-refractivity contribution in [3.05, 3.63) is 0 Å². The summed E-state index contributed by atoms with van der Waals surface area (Å²) in [7, 11) is 0. The number of Topliss-reactive ketones (excluding diaryl/α,β-unsaturated/α-hetero) is 1. The minimum Gasteiger partial charge on any atom is -0.335 e. The number of piperidine rings is 1. The van der Waals surface area contributed by atoms with E-state index in [-0.39, 0.29) is 17.6 Å². The number of carbonyl (C=O) groups is 2. The van der Waals surface area contributed by atoms with Crippen LogP contribution >= 0.6 is 0 Å². The molecule has 0 spiro atoms. The molecule has 1 fully saturated rings. The maximum absolute atomic E-state index is 11.4. The molecule has 68 valence electrons. The normalized spacial score (nSPS) is 24.3.